The van der Waals surface area contributed by atoms with Crippen molar-refractivity contribution in [2.45, 2.75) is 13.5 Å². The summed E-state index contributed by atoms with van der Waals surface area (Å²) >= 11 is 0. The van der Waals surface area contributed by atoms with Gasteiger partial charge in [0.1, 0.15) is 0 Å². The van der Waals surface area contributed by atoms with Gasteiger partial charge in [-0.25, -0.2) is 9.97 Å². The van der Waals surface area contributed by atoms with Crippen LogP contribution in [0.1, 0.15) is 6.92 Å². The molecule has 0 aliphatic heterocycles. The number of hydrogen-bond donors (Lipinski definition) is 2. The number of halogens is 3. The maximum absolute atomic E-state index is 11.8. The fraction of sp³-hybridized carbons (Fsp3) is 0.556. The minimum atomic E-state index is -2.86. The zero-order chi connectivity index (χ0) is 12.0. The molecule has 0 bridgehead atoms. The molecular formula is C9H15ClF2N4O. The first-order chi connectivity index (χ1) is 7.61. The minimum Gasteiger partial charge on any atom is -0.432 e. The highest BCUT2D eigenvalue weighted by Gasteiger charge is 2.05. The Morgan fingerprint density at radius 3 is 2.47 bits per heavy atom. The molecule has 0 saturated carbocycles. The van der Waals surface area contributed by atoms with Gasteiger partial charge < -0.3 is 15.8 Å². The van der Waals surface area contributed by atoms with E-state index in [2.05, 4.69) is 20.0 Å². The molecule has 0 radical (unpaired) electrons. The van der Waals surface area contributed by atoms with Gasteiger partial charge in [-0.05, 0) is 12.5 Å². The third-order valence-corrected chi connectivity index (χ3v) is 1.86. The number of aromatic nitrogens is 2. The highest BCUT2D eigenvalue weighted by Crippen LogP contribution is 2.11. The van der Waals surface area contributed by atoms with Crippen LogP contribution in [0.5, 0.6) is 5.75 Å². The molecule has 0 aliphatic rings. The van der Waals surface area contributed by atoms with E-state index in [1.165, 1.54) is 12.4 Å². The number of anilines is 1. The lowest BCUT2D eigenvalue weighted by Gasteiger charge is -2.10. The van der Waals surface area contributed by atoms with E-state index in [0.717, 1.165) is 0 Å². The smallest absolute Gasteiger partial charge is 0.387 e. The van der Waals surface area contributed by atoms with E-state index in [1.54, 1.807) is 0 Å². The molecule has 98 valence electrons. The van der Waals surface area contributed by atoms with Crippen LogP contribution in [0.2, 0.25) is 0 Å². The van der Waals surface area contributed by atoms with Crippen LogP contribution in [0.3, 0.4) is 0 Å². The van der Waals surface area contributed by atoms with Crippen molar-refractivity contribution in [1.29, 1.82) is 0 Å². The standard InChI is InChI=1S/C9H14F2N4O.ClH/c1-6(2-12)3-13-9-14-4-7(5-15-9)16-8(10)11;/h4-6,8H,2-3,12H2,1H3,(H,13,14,15);1H. The molecule has 0 amide bonds. The molecule has 8 heteroatoms. The Labute approximate surface area is 104 Å². The van der Waals surface area contributed by atoms with E-state index in [4.69, 9.17) is 5.73 Å². The summed E-state index contributed by atoms with van der Waals surface area (Å²) in [5, 5.41) is 2.93. The maximum Gasteiger partial charge on any atom is 0.387 e. The molecular weight excluding hydrogens is 254 g/mol. The third kappa shape index (κ3) is 6.18. The van der Waals surface area contributed by atoms with Gasteiger partial charge in [0.15, 0.2) is 5.75 Å². The molecule has 1 heterocycles. The van der Waals surface area contributed by atoms with Gasteiger partial charge in [0.05, 0.1) is 12.4 Å². The van der Waals surface area contributed by atoms with E-state index in [-0.39, 0.29) is 18.2 Å². The quantitative estimate of drug-likeness (QED) is 0.818. The summed E-state index contributed by atoms with van der Waals surface area (Å²) < 4.78 is 27.7. The van der Waals surface area contributed by atoms with Crippen LogP contribution >= 0.6 is 12.4 Å². The molecule has 5 nitrogen and oxygen atoms in total. The van der Waals surface area contributed by atoms with Crippen LogP contribution in [-0.2, 0) is 0 Å². The Morgan fingerprint density at radius 1 is 1.41 bits per heavy atom. The Balaban J connectivity index is 0.00000256. The van der Waals surface area contributed by atoms with E-state index in [9.17, 15) is 8.78 Å². The predicted octanol–water partition coefficient (Wildman–Crippen LogP) is 1.51. The number of alkyl halides is 2. The highest BCUT2D eigenvalue weighted by atomic mass is 35.5. The molecule has 3 N–H and O–H groups in total. The summed E-state index contributed by atoms with van der Waals surface area (Å²) in [6, 6.07) is 0. The molecule has 17 heavy (non-hydrogen) atoms. The first-order valence-electron chi connectivity index (χ1n) is 4.82. The number of nitrogens with one attached hydrogen (secondary N) is 1. The van der Waals surface area contributed by atoms with Crippen molar-refractivity contribution >= 4 is 18.4 Å². The Hall–Kier alpha value is -1.21. The number of nitrogens with two attached hydrogens (primary N) is 1. The molecule has 1 aromatic heterocycles. The monoisotopic (exact) mass is 268 g/mol. The largest absolute Gasteiger partial charge is 0.432 e. The summed E-state index contributed by atoms with van der Waals surface area (Å²) in [7, 11) is 0. The normalized spacial score (nSPS) is 11.8. The van der Waals surface area contributed by atoms with Crippen molar-refractivity contribution in [2.75, 3.05) is 18.4 Å². The summed E-state index contributed by atoms with van der Waals surface area (Å²) in [5.41, 5.74) is 5.43. The van der Waals surface area contributed by atoms with E-state index < -0.39 is 6.61 Å². The van der Waals surface area contributed by atoms with Crippen molar-refractivity contribution in [3.8, 4) is 5.75 Å². The van der Waals surface area contributed by atoms with Crippen LogP contribution in [0.25, 0.3) is 0 Å². The summed E-state index contributed by atoms with van der Waals surface area (Å²) in [5.74, 6) is 0.593. The number of rotatable bonds is 6. The second-order valence-electron chi connectivity index (χ2n) is 3.34. The topological polar surface area (TPSA) is 73.1 Å². The summed E-state index contributed by atoms with van der Waals surface area (Å²) in [4.78, 5) is 7.63. The second-order valence-corrected chi connectivity index (χ2v) is 3.34. The maximum atomic E-state index is 11.8. The number of ether oxygens (including phenoxy) is 1. The van der Waals surface area contributed by atoms with E-state index >= 15 is 0 Å². The number of nitrogens with zero attached hydrogens (tertiary/aromatic N) is 2. The van der Waals surface area contributed by atoms with Crippen LogP contribution < -0.4 is 15.8 Å². The molecule has 1 unspecified atom stereocenters. The molecule has 0 aliphatic carbocycles. The molecule has 0 spiro atoms. The molecule has 1 rings (SSSR count). The van der Waals surface area contributed by atoms with Crippen LogP contribution in [0.15, 0.2) is 12.4 Å². The fourth-order valence-corrected chi connectivity index (χ4v) is 0.920. The Morgan fingerprint density at radius 2 is 2.00 bits per heavy atom. The van der Waals surface area contributed by atoms with Gasteiger partial charge in [0, 0.05) is 6.54 Å². The zero-order valence-corrected chi connectivity index (χ0v) is 10.1. The molecule has 1 atom stereocenters. The van der Waals surface area contributed by atoms with Crippen molar-refractivity contribution in [3.63, 3.8) is 0 Å². The lowest BCUT2D eigenvalue weighted by molar-refractivity contribution is -0.0503. The van der Waals surface area contributed by atoms with Gasteiger partial charge in [-0.15, -0.1) is 12.4 Å². The predicted molar refractivity (Wildman–Crippen MR) is 62.6 cm³/mol. The fourth-order valence-electron chi connectivity index (χ4n) is 0.920. The summed E-state index contributed by atoms with van der Waals surface area (Å²) in [6.45, 7) is 0.298. The summed E-state index contributed by atoms with van der Waals surface area (Å²) in [6.07, 6.45) is 2.38. The van der Waals surface area contributed by atoms with E-state index in [0.29, 0.717) is 25.0 Å². The molecule has 0 saturated heterocycles. The average molecular weight is 269 g/mol. The second kappa shape index (κ2) is 7.97. The first kappa shape index (κ1) is 15.8. The molecule has 0 aromatic carbocycles. The van der Waals surface area contributed by atoms with Gasteiger partial charge in [-0.2, -0.15) is 8.78 Å². The third-order valence-electron chi connectivity index (χ3n) is 1.86. The lowest BCUT2D eigenvalue weighted by Crippen LogP contribution is -2.20. The van der Waals surface area contributed by atoms with Crippen molar-refractivity contribution < 1.29 is 13.5 Å². The minimum absolute atomic E-state index is 0. The van der Waals surface area contributed by atoms with Gasteiger partial charge in [0.25, 0.3) is 0 Å². The Bertz CT molecular complexity index is 312. The SMILES string of the molecule is CC(CN)CNc1ncc(OC(F)F)cn1.Cl. The molecule has 0 fully saturated rings. The van der Waals surface area contributed by atoms with Crippen molar-refractivity contribution in [3.05, 3.63) is 12.4 Å². The lowest BCUT2D eigenvalue weighted by atomic mass is 10.2. The van der Waals surface area contributed by atoms with Crippen LogP contribution in [0, 0.1) is 5.92 Å². The van der Waals surface area contributed by atoms with Gasteiger partial charge >= 0.3 is 6.61 Å². The zero-order valence-electron chi connectivity index (χ0n) is 9.27. The molecule has 1 aromatic rings. The van der Waals surface area contributed by atoms with E-state index in [1.807, 2.05) is 6.92 Å². The van der Waals surface area contributed by atoms with Crippen molar-refractivity contribution in [2.24, 2.45) is 11.7 Å². The first-order valence-corrected chi connectivity index (χ1v) is 4.82. The van der Waals surface area contributed by atoms with Crippen LogP contribution in [0.4, 0.5) is 14.7 Å². The van der Waals surface area contributed by atoms with Gasteiger partial charge in [-0.1, -0.05) is 6.92 Å². The van der Waals surface area contributed by atoms with Crippen molar-refractivity contribution in [1.82, 2.24) is 9.97 Å². The van der Waals surface area contributed by atoms with Gasteiger partial charge in [0.2, 0.25) is 5.95 Å². The highest BCUT2D eigenvalue weighted by molar-refractivity contribution is 5.85. The van der Waals surface area contributed by atoms with Crippen LogP contribution in [-0.4, -0.2) is 29.7 Å². The average Bonchev–Trinajstić information content (AvgIpc) is 2.27. The number of hydrogen-bond acceptors (Lipinski definition) is 5. The Kier molecular flexibility index (Phi) is 7.40. The van der Waals surface area contributed by atoms with Gasteiger partial charge in [-0.3, -0.25) is 0 Å².